The van der Waals surface area contributed by atoms with E-state index in [2.05, 4.69) is 0 Å². The van der Waals surface area contributed by atoms with Gasteiger partial charge >= 0.3 is 0 Å². The predicted molar refractivity (Wildman–Crippen MR) is 101 cm³/mol. The Morgan fingerprint density at radius 2 is 1.81 bits per heavy atom. The van der Waals surface area contributed by atoms with Crippen LogP contribution in [-0.2, 0) is 10.0 Å². The minimum Gasteiger partial charge on any atom is -0.339 e. The molecule has 0 radical (unpaired) electrons. The van der Waals surface area contributed by atoms with E-state index in [1.54, 1.807) is 33.5 Å². The van der Waals surface area contributed by atoms with Crippen molar-refractivity contribution < 1.29 is 13.2 Å². The molecule has 1 saturated carbocycles. The van der Waals surface area contributed by atoms with Gasteiger partial charge < -0.3 is 10.6 Å². The summed E-state index contributed by atoms with van der Waals surface area (Å²) in [7, 11) is -3.61. The minimum absolute atomic E-state index is 0.0746. The van der Waals surface area contributed by atoms with E-state index in [9.17, 15) is 13.2 Å². The van der Waals surface area contributed by atoms with E-state index in [1.807, 2.05) is 13.8 Å². The standard InChI is InChI=1S/C19H29N3O3S/c1-3-21(4-2)18(23)15-6-8-17(9-7-15)26(24,25)22-14-16(20)10-13-19(22)11-5-12-19/h6-9,16H,3-5,10-14,20H2,1-2H3. The molecule has 144 valence electrons. The second-order valence-electron chi connectivity index (χ2n) is 7.41. The number of nitrogens with zero attached hydrogens (tertiary/aromatic N) is 2. The highest BCUT2D eigenvalue weighted by molar-refractivity contribution is 7.89. The Hall–Kier alpha value is -1.44. The minimum atomic E-state index is -3.61. The maximum Gasteiger partial charge on any atom is 0.253 e. The Morgan fingerprint density at radius 1 is 1.19 bits per heavy atom. The number of benzene rings is 1. The molecule has 2 aliphatic rings. The Labute approximate surface area is 156 Å². The molecule has 1 atom stereocenters. The van der Waals surface area contributed by atoms with Crippen LogP contribution in [0.5, 0.6) is 0 Å². The van der Waals surface area contributed by atoms with Gasteiger partial charge in [-0.15, -0.1) is 0 Å². The summed E-state index contributed by atoms with van der Waals surface area (Å²) in [5.41, 5.74) is 6.34. The van der Waals surface area contributed by atoms with Crippen LogP contribution in [0.1, 0.15) is 56.3 Å². The lowest BCUT2D eigenvalue weighted by atomic mass is 9.71. The number of amides is 1. The van der Waals surface area contributed by atoms with E-state index in [0.717, 1.165) is 32.1 Å². The molecule has 6 nitrogen and oxygen atoms in total. The number of rotatable bonds is 5. The highest BCUT2D eigenvalue weighted by Crippen LogP contribution is 2.46. The third kappa shape index (κ3) is 3.28. The summed E-state index contributed by atoms with van der Waals surface area (Å²) in [5.74, 6) is -0.0746. The molecule has 1 spiro atoms. The van der Waals surface area contributed by atoms with Gasteiger partial charge in [0.1, 0.15) is 0 Å². The number of nitrogens with two attached hydrogens (primary N) is 1. The van der Waals surface area contributed by atoms with E-state index in [0.29, 0.717) is 25.2 Å². The molecule has 1 amide bonds. The van der Waals surface area contributed by atoms with Gasteiger partial charge in [0, 0.05) is 36.8 Å². The molecule has 2 N–H and O–H groups in total. The average molecular weight is 380 g/mol. The van der Waals surface area contributed by atoms with Gasteiger partial charge in [0.2, 0.25) is 10.0 Å². The molecule has 1 aliphatic carbocycles. The maximum absolute atomic E-state index is 13.2. The Morgan fingerprint density at radius 3 is 2.31 bits per heavy atom. The normalized spacial score (nSPS) is 22.8. The fourth-order valence-corrected chi connectivity index (χ4v) is 6.01. The molecule has 0 aromatic heterocycles. The molecule has 7 heteroatoms. The molecule has 26 heavy (non-hydrogen) atoms. The van der Waals surface area contributed by atoms with Gasteiger partial charge in [0.25, 0.3) is 5.91 Å². The Balaban J connectivity index is 1.86. The van der Waals surface area contributed by atoms with Gasteiger partial charge in [0.05, 0.1) is 4.90 Å². The number of carbonyl (C=O) groups excluding carboxylic acids is 1. The van der Waals surface area contributed by atoms with Crippen LogP contribution in [0.2, 0.25) is 0 Å². The first-order valence-electron chi connectivity index (χ1n) is 9.52. The summed E-state index contributed by atoms with van der Waals surface area (Å²) >= 11 is 0. The monoisotopic (exact) mass is 379 g/mol. The van der Waals surface area contributed by atoms with Gasteiger partial charge in [-0.25, -0.2) is 8.42 Å². The maximum atomic E-state index is 13.2. The van der Waals surface area contributed by atoms with Crippen LogP contribution in [0.3, 0.4) is 0 Å². The molecule has 0 bridgehead atoms. The second-order valence-corrected chi connectivity index (χ2v) is 9.28. The third-order valence-electron chi connectivity index (χ3n) is 5.93. The Bertz CT molecular complexity index is 753. The fourth-order valence-electron chi connectivity index (χ4n) is 4.10. The molecule has 1 aromatic rings. The zero-order chi connectivity index (χ0) is 18.9. The van der Waals surface area contributed by atoms with Gasteiger partial charge in [-0.1, -0.05) is 0 Å². The average Bonchev–Trinajstić information content (AvgIpc) is 2.61. The van der Waals surface area contributed by atoms with Crippen LogP contribution in [0.15, 0.2) is 29.2 Å². The summed E-state index contributed by atoms with van der Waals surface area (Å²) < 4.78 is 28.1. The number of hydrogen-bond acceptors (Lipinski definition) is 4. The summed E-state index contributed by atoms with van der Waals surface area (Å²) in [6.45, 7) is 5.49. The van der Waals surface area contributed by atoms with Crippen molar-refractivity contribution in [3.8, 4) is 0 Å². The van der Waals surface area contributed by atoms with Gasteiger partial charge in [-0.3, -0.25) is 4.79 Å². The summed E-state index contributed by atoms with van der Waals surface area (Å²) in [4.78, 5) is 14.4. The number of carbonyl (C=O) groups is 1. The van der Waals surface area contributed by atoms with Crippen molar-refractivity contribution in [3.63, 3.8) is 0 Å². The molecule has 1 saturated heterocycles. The van der Waals surface area contributed by atoms with Crippen LogP contribution < -0.4 is 5.73 Å². The van der Waals surface area contributed by atoms with Crippen LogP contribution >= 0.6 is 0 Å². The first-order chi connectivity index (χ1) is 12.3. The predicted octanol–water partition coefficient (Wildman–Crippen LogP) is 2.20. The molecular weight excluding hydrogens is 350 g/mol. The molecule has 2 fully saturated rings. The van der Waals surface area contributed by atoms with Crippen molar-refractivity contribution in [3.05, 3.63) is 29.8 Å². The first kappa shape index (κ1) is 19.3. The summed E-state index contributed by atoms with van der Waals surface area (Å²) in [6, 6.07) is 6.23. The molecule has 1 heterocycles. The van der Waals surface area contributed by atoms with E-state index in [4.69, 9.17) is 5.73 Å². The number of sulfonamides is 1. The van der Waals surface area contributed by atoms with Gasteiger partial charge in [-0.2, -0.15) is 4.31 Å². The van der Waals surface area contributed by atoms with Crippen LogP contribution in [-0.4, -0.2) is 54.7 Å². The number of piperidine rings is 1. The van der Waals surface area contributed by atoms with E-state index >= 15 is 0 Å². The highest BCUT2D eigenvalue weighted by atomic mass is 32.2. The Kier molecular flexibility index (Phi) is 5.42. The fraction of sp³-hybridized carbons (Fsp3) is 0.632. The zero-order valence-electron chi connectivity index (χ0n) is 15.6. The second kappa shape index (κ2) is 7.29. The summed E-state index contributed by atoms with van der Waals surface area (Å²) in [6.07, 6.45) is 4.61. The SMILES string of the molecule is CCN(CC)C(=O)c1ccc(S(=O)(=O)N2CC(N)CCC23CCC3)cc1. The lowest BCUT2D eigenvalue weighted by Gasteiger charge is -2.53. The van der Waals surface area contributed by atoms with Crippen LogP contribution in [0.25, 0.3) is 0 Å². The van der Waals surface area contributed by atoms with Crippen molar-refractivity contribution in [1.29, 1.82) is 0 Å². The molecule has 1 aromatic carbocycles. The van der Waals surface area contributed by atoms with Crippen molar-refractivity contribution in [2.24, 2.45) is 5.73 Å². The number of hydrogen-bond donors (Lipinski definition) is 1. The quantitative estimate of drug-likeness (QED) is 0.850. The van der Waals surface area contributed by atoms with Gasteiger partial charge in [-0.05, 0) is 70.2 Å². The lowest BCUT2D eigenvalue weighted by molar-refractivity contribution is 0.0423. The zero-order valence-corrected chi connectivity index (χ0v) is 16.5. The van der Waals surface area contributed by atoms with Gasteiger partial charge in [0.15, 0.2) is 0 Å². The molecular formula is C19H29N3O3S. The van der Waals surface area contributed by atoms with Crippen molar-refractivity contribution in [2.45, 2.75) is 62.4 Å². The van der Waals surface area contributed by atoms with Crippen molar-refractivity contribution in [1.82, 2.24) is 9.21 Å². The first-order valence-corrected chi connectivity index (χ1v) is 11.0. The largest absolute Gasteiger partial charge is 0.339 e. The topological polar surface area (TPSA) is 83.7 Å². The van der Waals surface area contributed by atoms with E-state index in [1.165, 1.54) is 0 Å². The lowest BCUT2D eigenvalue weighted by Crippen LogP contribution is -2.62. The van der Waals surface area contributed by atoms with Crippen LogP contribution in [0, 0.1) is 0 Å². The smallest absolute Gasteiger partial charge is 0.253 e. The molecule has 1 unspecified atom stereocenters. The van der Waals surface area contributed by atoms with Crippen molar-refractivity contribution >= 4 is 15.9 Å². The summed E-state index contributed by atoms with van der Waals surface area (Å²) in [5, 5.41) is 0. The van der Waals surface area contributed by atoms with Crippen LogP contribution in [0.4, 0.5) is 0 Å². The van der Waals surface area contributed by atoms with E-state index < -0.39 is 10.0 Å². The molecule has 3 rings (SSSR count). The highest BCUT2D eigenvalue weighted by Gasteiger charge is 2.50. The molecule has 1 aliphatic heterocycles. The third-order valence-corrected chi connectivity index (χ3v) is 7.92. The van der Waals surface area contributed by atoms with Crippen molar-refractivity contribution in [2.75, 3.05) is 19.6 Å². The van der Waals surface area contributed by atoms with E-state index in [-0.39, 0.29) is 22.4 Å².